The molecule has 17 heavy (non-hydrogen) atoms. The average Bonchev–Trinajstić information content (AvgIpc) is 2.84. The van der Waals surface area contributed by atoms with Crippen LogP contribution in [0.5, 0.6) is 0 Å². The van der Waals surface area contributed by atoms with Crippen LogP contribution in [0.15, 0.2) is 29.8 Å². The Hall–Kier alpha value is -1.52. The molecule has 0 spiro atoms. The minimum atomic E-state index is 0.632. The Morgan fingerprint density at radius 1 is 1.35 bits per heavy atom. The summed E-state index contributed by atoms with van der Waals surface area (Å²) in [5.74, 6) is 0.632. The van der Waals surface area contributed by atoms with E-state index in [0.717, 1.165) is 16.2 Å². The van der Waals surface area contributed by atoms with Gasteiger partial charge in [0.25, 0.3) is 0 Å². The van der Waals surface area contributed by atoms with Crippen LogP contribution in [0.1, 0.15) is 5.56 Å². The summed E-state index contributed by atoms with van der Waals surface area (Å²) in [6, 6.07) is 5.75. The highest BCUT2D eigenvalue weighted by atomic mass is 35.5. The number of halogens is 1. The van der Waals surface area contributed by atoms with Crippen LogP contribution >= 0.6 is 22.9 Å². The highest BCUT2D eigenvalue weighted by molar-refractivity contribution is 7.13. The molecule has 3 aromatic rings. The predicted octanol–water partition coefficient (Wildman–Crippen LogP) is 3.61. The van der Waals surface area contributed by atoms with Gasteiger partial charge in [-0.05, 0) is 36.1 Å². The molecule has 5 heteroatoms. The van der Waals surface area contributed by atoms with Gasteiger partial charge in [-0.15, -0.1) is 11.3 Å². The standard InChI is InChI=1S/C12H10ClN3S/c1-7-4-5-17-11(7)10-12(14)16-6-8(13)2-3-9(16)15-10/h2-6H,14H2,1H3. The molecule has 2 N–H and O–H groups in total. The molecular formula is C12H10ClN3S. The lowest BCUT2D eigenvalue weighted by Gasteiger charge is -1.98. The van der Waals surface area contributed by atoms with Crippen molar-refractivity contribution < 1.29 is 0 Å². The minimum absolute atomic E-state index is 0.632. The normalized spacial score (nSPS) is 11.2. The smallest absolute Gasteiger partial charge is 0.139 e. The average molecular weight is 264 g/mol. The summed E-state index contributed by atoms with van der Waals surface area (Å²) < 4.78 is 1.82. The maximum absolute atomic E-state index is 6.12. The molecule has 0 aliphatic heterocycles. The fourth-order valence-electron chi connectivity index (χ4n) is 1.82. The molecule has 0 bridgehead atoms. The summed E-state index contributed by atoms with van der Waals surface area (Å²) in [5, 5.41) is 2.69. The fraction of sp³-hybridized carbons (Fsp3) is 0.0833. The monoisotopic (exact) mass is 263 g/mol. The third-order valence-corrected chi connectivity index (χ3v) is 3.94. The van der Waals surface area contributed by atoms with Gasteiger partial charge in [-0.1, -0.05) is 11.6 Å². The van der Waals surface area contributed by atoms with E-state index in [-0.39, 0.29) is 0 Å². The van der Waals surface area contributed by atoms with Crippen molar-refractivity contribution in [1.29, 1.82) is 0 Å². The van der Waals surface area contributed by atoms with Crippen LogP contribution in [0.2, 0.25) is 5.02 Å². The molecule has 0 atom stereocenters. The lowest BCUT2D eigenvalue weighted by molar-refractivity contribution is 1.20. The number of nitrogen functional groups attached to an aromatic ring is 1. The van der Waals surface area contributed by atoms with Gasteiger partial charge < -0.3 is 5.73 Å². The zero-order valence-electron chi connectivity index (χ0n) is 9.14. The molecule has 3 rings (SSSR count). The van der Waals surface area contributed by atoms with Gasteiger partial charge in [-0.3, -0.25) is 4.40 Å². The summed E-state index contributed by atoms with van der Waals surface area (Å²) in [4.78, 5) is 5.66. The first-order valence-electron chi connectivity index (χ1n) is 5.14. The number of nitrogens with zero attached hydrogens (tertiary/aromatic N) is 2. The lowest BCUT2D eigenvalue weighted by Crippen LogP contribution is -1.93. The second kappa shape index (κ2) is 3.75. The third-order valence-electron chi connectivity index (χ3n) is 2.70. The second-order valence-electron chi connectivity index (χ2n) is 3.85. The largest absolute Gasteiger partial charge is 0.383 e. The maximum Gasteiger partial charge on any atom is 0.139 e. The number of aromatic nitrogens is 2. The van der Waals surface area contributed by atoms with Crippen LogP contribution in [0.3, 0.4) is 0 Å². The molecule has 0 aliphatic rings. The van der Waals surface area contributed by atoms with Gasteiger partial charge in [-0.2, -0.15) is 0 Å². The maximum atomic E-state index is 6.12. The number of hydrogen-bond donors (Lipinski definition) is 1. The van der Waals surface area contributed by atoms with Crippen molar-refractivity contribution in [3.8, 4) is 10.6 Å². The molecule has 0 unspecified atom stereocenters. The van der Waals surface area contributed by atoms with Gasteiger partial charge >= 0.3 is 0 Å². The molecular weight excluding hydrogens is 254 g/mol. The minimum Gasteiger partial charge on any atom is -0.383 e. The zero-order valence-corrected chi connectivity index (χ0v) is 10.7. The number of imidazole rings is 1. The first-order chi connectivity index (χ1) is 8.16. The number of anilines is 1. The molecule has 0 amide bonds. The summed E-state index contributed by atoms with van der Waals surface area (Å²) in [6.07, 6.45) is 1.78. The predicted molar refractivity (Wildman–Crippen MR) is 72.7 cm³/mol. The molecule has 0 saturated heterocycles. The number of fused-ring (bicyclic) bond motifs is 1. The van der Waals surface area contributed by atoms with Crippen LogP contribution in [0, 0.1) is 6.92 Å². The van der Waals surface area contributed by atoms with Gasteiger partial charge in [0.2, 0.25) is 0 Å². The molecule has 3 nitrogen and oxygen atoms in total. The van der Waals surface area contributed by atoms with Crippen LogP contribution in [-0.4, -0.2) is 9.38 Å². The van der Waals surface area contributed by atoms with Crippen LogP contribution in [0.4, 0.5) is 5.82 Å². The van der Waals surface area contributed by atoms with Crippen LogP contribution < -0.4 is 5.73 Å². The number of hydrogen-bond acceptors (Lipinski definition) is 3. The van der Waals surface area contributed by atoms with Crippen LogP contribution in [-0.2, 0) is 0 Å². The molecule has 0 saturated carbocycles. The van der Waals surface area contributed by atoms with E-state index in [9.17, 15) is 0 Å². The van der Waals surface area contributed by atoms with E-state index in [1.165, 1.54) is 5.56 Å². The van der Waals surface area contributed by atoms with E-state index in [0.29, 0.717) is 10.8 Å². The van der Waals surface area contributed by atoms with E-state index >= 15 is 0 Å². The number of aryl methyl sites for hydroxylation is 1. The van der Waals surface area contributed by atoms with Gasteiger partial charge in [0.1, 0.15) is 17.2 Å². The van der Waals surface area contributed by atoms with Gasteiger partial charge in [0.15, 0.2) is 0 Å². The Balaban J connectivity index is 2.32. The van der Waals surface area contributed by atoms with E-state index < -0.39 is 0 Å². The Bertz CT molecular complexity index is 699. The Morgan fingerprint density at radius 2 is 2.18 bits per heavy atom. The van der Waals surface area contributed by atoms with Crippen molar-refractivity contribution in [1.82, 2.24) is 9.38 Å². The molecule has 0 aliphatic carbocycles. The van der Waals surface area contributed by atoms with Gasteiger partial charge in [0.05, 0.1) is 9.90 Å². The molecule has 3 aromatic heterocycles. The molecule has 86 valence electrons. The van der Waals surface area contributed by atoms with Crippen molar-refractivity contribution in [2.24, 2.45) is 0 Å². The molecule has 0 radical (unpaired) electrons. The molecule has 3 heterocycles. The summed E-state index contributed by atoms with van der Waals surface area (Å²) in [7, 11) is 0. The lowest BCUT2D eigenvalue weighted by atomic mass is 10.2. The van der Waals surface area contributed by atoms with Crippen LogP contribution in [0.25, 0.3) is 16.2 Å². The molecule has 0 aromatic carbocycles. The topological polar surface area (TPSA) is 43.3 Å². The highest BCUT2D eigenvalue weighted by Crippen LogP contribution is 2.33. The SMILES string of the molecule is Cc1ccsc1-c1nc2ccc(Cl)cn2c1N. The number of thiophene rings is 1. The van der Waals surface area contributed by atoms with Gasteiger partial charge in [-0.25, -0.2) is 4.98 Å². The highest BCUT2D eigenvalue weighted by Gasteiger charge is 2.14. The number of rotatable bonds is 1. The first kappa shape index (κ1) is 10.6. The fourth-order valence-corrected chi connectivity index (χ4v) is 2.90. The van der Waals surface area contributed by atoms with E-state index in [1.807, 2.05) is 21.9 Å². The van der Waals surface area contributed by atoms with Crippen molar-refractivity contribution >= 4 is 34.4 Å². The zero-order chi connectivity index (χ0) is 12.0. The summed E-state index contributed by atoms with van der Waals surface area (Å²) in [5.41, 5.74) is 8.96. The van der Waals surface area contributed by atoms with Gasteiger partial charge in [0, 0.05) is 6.20 Å². The Kier molecular flexibility index (Phi) is 2.34. The van der Waals surface area contributed by atoms with E-state index in [1.54, 1.807) is 17.5 Å². The Labute approximate surface area is 107 Å². The first-order valence-corrected chi connectivity index (χ1v) is 6.40. The van der Waals surface area contributed by atoms with E-state index in [2.05, 4.69) is 18.0 Å². The second-order valence-corrected chi connectivity index (χ2v) is 5.21. The van der Waals surface area contributed by atoms with Crippen molar-refractivity contribution in [2.45, 2.75) is 6.92 Å². The number of pyridine rings is 1. The van der Waals surface area contributed by atoms with Crippen molar-refractivity contribution in [3.05, 3.63) is 40.4 Å². The van der Waals surface area contributed by atoms with Crippen molar-refractivity contribution in [2.75, 3.05) is 5.73 Å². The molecule has 0 fully saturated rings. The Morgan fingerprint density at radius 3 is 2.88 bits per heavy atom. The third kappa shape index (κ3) is 1.61. The van der Waals surface area contributed by atoms with Crippen molar-refractivity contribution in [3.63, 3.8) is 0 Å². The summed E-state index contributed by atoms with van der Waals surface area (Å²) >= 11 is 7.60. The van der Waals surface area contributed by atoms with E-state index in [4.69, 9.17) is 17.3 Å². The quantitative estimate of drug-likeness (QED) is 0.729. The number of nitrogens with two attached hydrogens (primary N) is 1. The summed E-state index contributed by atoms with van der Waals surface area (Å²) in [6.45, 7) is 2.06.